The third kappa shape index (κ3) is 1.56. The maximum absolute atomic E-state index is 12.8. The highest BCUT2D eigenvalue weighted by atomic mass is 16.2. The van der Waals surface area contributed by atoms with Crippen molar-refractivity contribution in [1.82, 2.24) is 9.38 Å². The number of aromatic nitrogens is 2. The van der Waals surface area contributed by atoms with Crippen LogP contribution in [-0.4, -0.2) is 21.2 Å². The number of pyridine rings is 1. The number of imide groups is 1. The number of imidazole rings is 1. The second-order valence-electron chi connectivity index (χ2n) is 5.47. The molecule has 0 aliphatic carbocycles. The summed E-state index contributed by atoms with van der Waals surface area (Å²) in [6, 6.07) is 11.1. The van der Waals surface area contributed by atoms with Gasteiger partial charge >= 0.3 is 0 Å². The minimum Gasteiger partial charge on any atom is -0.295 e. The summed E-state index contributed by atoms with van der Waals surface area (Å²) in [6.45, 7) is 3.82. The molecule has 5 heteroatoms. The van der Waals surface area contributed by atoms with Crippen LogP contribution in [0.4, 0.5) is 5.69 Å². The van der Waals surface area contributed by atoms with Crippen LogP contribution in [0.2, 0.25) is 0 Å². The van der Waals surface area contributed by atoms with Crippen LogP contribution in [0.5, 0.6) is 0 Å². The number of aryl methyl sites for hydroxylation is 2. The van der Waals surface area contributed by atoms with Crippen molar-refractivity contribution in [2.24, 2.45) is 0 Å². The van der Waals surface area contributed by atoms with Gasteiger partial charge in [0.05, 0.1) is 5.69 Å². The molecule has 0 unspecified atom stereocenters. The van der Waals surface area contributed by atoms with Crippen molar-refractivity contribution in [3.8, 4) is 0 Å². The van der Waals surface area contributed by atoms with Crippen molar-refractivity contribution in [1.29, 1.82) is 0 Å². The highest BCUT2D eigenvalue weighted by molar-refractivity contribution is 6.33. The Labute approximate surface area is 126 Å². The first kappa shape index (κ1) is 12.8. The van der Waals surface area contributed by atoms with Crippen molar-refractivity contribution in [2.45, 2.75) is 13.8 Å². The van der Waals surface area contributed by atoms with Gasteiger partial charge < -0.3 is 0 Å². The molecule has 22 heavy (non-hydrogen) atoms. The topological polar surface area (TPSA) is 54.7 Å². The monoisotopic (exact) mass is 291 g/mol. The lowest BCUT2D eigenvalue weighted by molar-refractivity contribution is 0.0922. The third-order valence-electron chi connectivity index (χ3n) is 3.95. The van der Waals surface area contributed by atoms with E-state index in [2.05, 4.69) is 4.98 Å². The van der Waals surface area contributed by atoms with E-state index in [4.69, 9.17) is 0 Å². The van der Waals surface area contributed by atoms with Crippen molar-refractivity contribution in [3.63, 3.8) is 0 Å². The zero-order valence-corrected chi connectivity index (χ0v) is 12.2. The van der Waals surface area contributed by atoms with Crippen molar-refractivity contribution >= 4 is 23.1 Å². The second-order valence-corrected chi connectivity index (χ2v) is 5.47. The van der Waals surface area contributed by atoms with Crippen LogP contribution in [0.3, 0.4) is 0 Å². The molecule has 108 valence electrons. The Hall–Kier alpha value is -2.95. The average molecular weight is 291 g/mol. The van der Waals surface area contributed by atoms with Crippen molar-refractivity contribution < 1.29 is 9.59 Å². The highest BCUT2D eigenvalue weighted by Crippen LogP contribution is 2.31. The molecule has 3 aromatic rings. The molecular weight excluding hydrogens is 278 g/mol. The quantitative estimate of drug-likeness (QED) is 0.648. The lowest BCUT2D eigenvalue weighted by Crippen LogP contribution is -2.31. The molecule has 1 aromatic carbocycles. The Bertz CT molecular complexity index is 956. The Balaban J connectivity index is 1.93. The fourth-order valence-corrected chi connectivity index (χ4v) is 2.83. The Morgan fingerprint density at radius 1 is 1.00 bits per heavy atom. The van der Waals surface area contributed by atoms with Gasteiger partial charge in [0.1, 0.15) is 11.3 Å². The summed E-state index contributed by atoms with van der Waals surface area (Å²) in [7, 11) is 0. The number of carbonyl (C=O) groups excluding carboxylic acids is 2. The largest absolute Gasteiger partial charge is 0.295 e. The molecule has 2 amide bonds. The molecule has 0 saturated carbocycles. The van der Waals surface area contributed by atoms with E-state index in [0.29, 0.717) is 17.0 Å². The van der Waals surface area contributed by atoms with Gasteiger partial charge in [0, 0.05) is 6.20 Å². The molecule has 0 bridgehead atoms. The van der Waals surface area contributed by atoms with E-state index >= 15 is 0 Å². The predicted molar refractivity (Wildman–Crippen MR) is 82.2 cm³/mol. The molecule has 1 aliphatic heterocycles. The lowest BCUT2D eigenvalue weighted by atomic mass is 10.1. The number of nitrogens with zero attached hydrogens (tertiary/aromatic N) is 3. The number of fused-ring (bicyclic) bond motifs is 3. The first-order chi connectivity index (χ1) is 10.6. The standard InChI is InChI=1S/C17H13N3O2/c1-10-6-7-11(2)12(9-10)20-16(21)14-15(17(20)22)19-8-4-3-5-13(19)18-14/h3-9H,1-2H3. The van der Waals surface area contributed by atoms with Crippen molar-refractivity contribution in [2.75, 3.05) is 4.90 Å². The summed E-state index contributed by atoms with van der Waals surface area (Å²) in [5, 5.41) is 0. The van der Waals surface area contributed by atoms with Gasteiger partial charge in [-0.1, -0.05) is 18.2 Å². The molecule has 0 N–H and O–H groups in total. The molecule has 0 spiro atoms. The van der Waals surface area contributed by atoms with Crippen LogP contribution in [0, 0.1) is 13.8 Å². The summed E-state index contributed by atoms with van der Waals surface area (Å²) in [5.41, 5.74) is 3.66. The van der Waals surface area contributed by atoms with E-state index in [0.717, 1.165) is 11.1 Å². The minimum atomic E-state index is -0.364. The first-order valence-electron chi connectivity index (χ1n) is 7.01. The fraction of sp³-hybridized carbons (Fsp3) is 0.118. The van der Waals surface area contributed by atoms with Crippen LogP contribution in [-0.2, 0) is 0 Å². The Morgan fingerprint density at radius 3 is 2.64 bits per heavy atom. The third-order valence-corrected chi connectivity index (χ3v) is 3.95. The molecular formula is C17H13N3O2. The molecule has 2 aromatic heterocycles. The summed E-state index contributed by atoms with van der Waals surface area (Å²) in [5.74, 6) is -0.690. The summed E-state index contributed by atoms with van der Waals surface area (Å²) < 4.78 is 1.67. The molecule has 0 radical (unpaired) electrons. The maximum atomic E-state index is 12.8. The number of hydrogen-bond acceptors (Lipinski definition) is 3. The molecule has 0 atom stereocenters. The van der Waals surface area contributed by atoms with Gasteiger partial charge in [-0.25, -0.2) is 9.88 Å². The summed E-state index contributed by atoms with van der Waals surface area (Å²) in [4.78, 5) is 31.0. The first-order valence-corrected chi connectivity index (χ1v) is 7.01. The normalized spacial score (nSPS) is 14.0. The molecule has 0 saturated heterocycles. The summed E-state index contributed by atoms with van der Waals surface area (Å²) in [6.07, 6.45) is 1.75. The smallest absolute Gasteiger partial charge is 0.286 e. The van der Waals surface area contributed by atoms with Gasteiger partial charge in [-0.15, -0.1) is 0 Å². The van der Waals surface area contributed by atoms with Gasteiger partial charge in [0.25, 0.3) is 11.8 Å². The van der Waals surface area contributed by atoms with Crippen molar-refractivity contribution in [3.05, 3.63) is 65.1 Å². The van der Waals surface area contributed by atoms with Crippen LogP contribution < -0.4 is 4.90 Å². The minimum absolute atomic E-state index is 0.220. The van der Waals surface area contributed by atoms with E-state index < -0.39 is 0 Å². The van der Waals surface area contributed by atoms with Gasteiger partial charge in [-0.3, -0.25) is 14.0 Å². The lowest BCUT2D eigenvalue weighted by Gasteiger charge is -2.17. The van der Waals surface area contributed by atoms with Gasteiger partial charge in [-0.2, -0.15) is 0 Å². The van der Waals surface area contributed by atoms with E-state index in [1.165, 1.54) is 4.90 Å². The molecule has 4 rings (SSSR count). The number of carbonyl (C=O) groups is 2. The zero-order chi connectivity index (χ0) is 15.4. The number of anilines is 1. The van der Waals surface area contributed by atoms with Crippen LogP contribution in [0.25, 0.3) is 5.65 Å². The predicted octanol–water partition coefficient (Wildman–Crippen LogP) is 2.75. The maximum Gasteiger partial charge on any atom is 0.286 e. The number of hydrogen-bond donors (Lipinski definition) is 0. The van der Waals surface area contributed by atoms with E-state index in [9.17, 15) is 9.59 Å². The molecule has 3 heterocycles. The average Bonchev–Trinajstić information content (AvgIpc) is 2.99. The van der Waals surface area contributed by atoms with E-state index in [1.54, 1.807) is 16.7 Å². The Kier molecular flexibility index (Phi) is 2.48. The highest BCUT2D eigenvalue weighted by Gasteiger charge is 2.41. The molecule has 5 nitrogen and oxygen atoms in total. The number of benzene rings is 1. The number of rotatable bonds is 1. The van der Waals surface area contributed by atoms with E-state index in [1.807, 2.05) is 44.2 Å². The van der Waals surface area contributed by atoms with Crippen LogP contribution in [0.15, 0.2) is 42.6 Å². The van der Waals surface area contributed by atoms with Gasteiger partial charge in [0.15, 0.2) is 5.69 Å². The van der Waals surface area contributed by atoms with Gasteiger partial charge in [-0.05, 0) is 43.2 Å². The molecule has 0 fully saturated rings. The Morgan fingerprint density at radius 2 is 1.82 bits per heavy atom. The zero-order valence-electron chi connectivity index (χ0n) is 12.2. The van der Waals surface area contributed by atoms with Crippen LogP contribution in [0.1, 0.15) is 32.1 Å². The van der Waals surface area contributed by atoms with E-state index in [-0.39, 0.29) is 17.5 Å². The second kappa shape index (κ2) is 4.27. The molecule has 1 aliphatic rings. The summed E-state index contributed by atoms with van der Waals surface area (Å²) >= 11 is 0. The fourth-order valence-electron chi connectivity index (χ4n) is 2.83. The number of amides is 2. The van der Waals surface area contributed by atoms with Crippen LogP contribution >= 0.6 is 0 Å². The van der Waals surface area contributed by atoms with Gasteiger partial charge in [0.2, 0.25) is 0 Å². The SMILES string of the molecule is Cc1ccc(C)c(N2C(=O)c3nc4ccccn4c3C2=O)c1.